The summed E-state index contributed by atoms with van der Waals surface area (Å²) in [6.07, 6.45) is 0. The molecule has 0 saturated heterocycles. The summed E-state index contributed by atoms with van der Waals surface area (Å²) in [5, 5.41) is 22.3. The molecule has 0 unspecified atom stereocenters. The van der Waals surface area contributed by atoms with Crippen molar-refractivity contribution in [3.05, 3.63) is 407 Å². The van der Waals surface area contributed by atoms with E-state index in [1.807, 2.05) is 84.9 Å². The fourth-order valence-corrected chi connectivity index (χ4v) is 16.6. The molecule has 0 bridgehead atoms. The Labute approximate surface area is 769 Å². The fourth-order valence-electron chi connectivity index (χ4n) is 16.0. The summed E-state index contributed by atoms with van der Waals surface area (Å²) >= 11 is 1.16. The number of hydrogen-bond acceptors (Lipinski definition) is 17. The number of benzene rings is 15. The van der Waals surface area contributed by atoms with E-state index in [9.17, 15) is 0 Å². The van der Waals surface area contributed by atoms with Gasteiger partial charge in [0.05, 0.1) is 87.1 Å². The first-order chi connectivity index (χ1) is 64.2. The monoisotopic (exact) mass is 1740 g/mol. The van der Waals surface area contributed by atoms with Gasteiger partial charge in [-0.1, -0.05) is 247 Å². The van der Waals surface area contributed by atoms with Gasteiger partial charge in [0.2, 0.25) is 23.6 Å². The molecule has 16 nitrogen and oxygen atoms in total. The molecule has 131 heavy (non-hydrogen) atoms. The maximum absolute atomic E-state index is 6.49. The van der Waals surface area contributed by atoms with Crippen LogP contribution >= 0.6 is 11.7 Å². The van der Waals surface area contributed by atoms with E-state index >= 15 is 0 Å². The first-order valence-corrected chi connectivity index (χ1v) is 45.1. The number of anilines is 8. The first-order valence-electron chi connectivity index (χ1n) is 44.4. The number of aromatic nitrogens is 6. The van der Waals surface area contributed by atoms with Gasteiger partial charge in [-0.05, 0) is 225 Å². The number of para-hydroxylation sites is 2. The highest BCUT2D eigenvalue weighted by molar-refractivity contribution is 7.00. The summed E-state index contributed by atoms with van der Waals surface area (Å²) < 4.78 is 47.6. The second-order valence-corrected chi connectivity index (χ2v) is 35.0. The van der Waals surface area contributed by atoms with Gasteiger partial charge in [-0.25, -0.2) is 0 Å². The average Bonchev–Trinajstić information content (AvgIpc) is 1.48. The van der Waals surface area contributed by atoms with Gasteiger partial charge in [0, 0.05) is 104 Å². The molecule has 0 fully saturated rings. The minimum Gasteiger partial charge on any atom is -0.416 e. The lowest BCUT2D eigenvalue weighted by molar-refractivity contribution is 0.115. The third-order valence-corrected chi connectivity index (χ3v) is 23.9. The van der Waals surface area contributed by atoms with E-state index in [1.165, 1.54) is 32.7 Å². The largest absolute Gasteiger partial charge is 0.416 e. The molecule has 0 saturated carbocycles. The van der Waals surface area contributed by atoms with E-state index < -0.39 is 0 Å². The first kappa shape index (κ1) is 86.8. The Morgan fingerprint density at radius 1 is 0.282 bits per heavy atom. The van der Waals surface area contributed by atoms with Crippen LogP contribution in [0.5, 0.6) is 0 Å². The van der Waals surface area contributed by atoms with Gasteiger partial charge in [0.15, 0.2) is 0 Å². The summed E-state index contributed by atoms with van der Waals surface area (Å²) in [5.41, 5.74) is 23.5. The van der Waals surface area contributed by atoms with E-state index in [2.05, 4.69) is 372 Å². The third kappa shape index (κ3) is 21.4. The Balaban J connectivity index is 0.527. The van der Waals surface area contributed by atoms with Crippen LogP contribution in [0.15, 0.2) is 361 Å². The van der Waals surface area contributed by atoms with Gasteiger partial charge in [-0.2, -0.15) is 8.75 Å². The van der Waals surface area contributed by atoms with E-state index in [4.69, 9.17) is 36.5 Å². The molecule has 0 atom stereocenters. The summed E-state index contributed by atoms with van der Waals surface area (Å²) in [6, 6.07) is 122. The number of rotatable bonds is 32. The maximum atomic E-state index is 6.49. The molecule has 15 aromatic carbocycles. The lowest BCUT2D eigenvalue weighted by atomic mass is 9.87. The van der Waals surface area contributed by atoms with E-state index in [-0.39, 0.29) is 10.8 Å². The van der Waals surface area contributed by atoms with Crippen LogP contribution in [0.2, 0.25) is 0 Å². The second kappa shape index (κ2) is 40.6. The number of hydrogen-bond donors (Lipinski definition) is 0. The van der Waals surface area contributed by atoms with Gasteiger partial charge >= 0.3 is 0 Å². The average molecular weight is 1740 g/mol. The molecule has 0 N–H and O–H groups in total. The van der Waals surface area contributed by atoms with Crippen molar-refractivity contribution in [2.75, 3.05) is 72.2 Å². The van der Waals surface area contributed by atoms with Crippen molar-refractivity contribution in [1.29, 1.82) is 0 Å². The van der Waals surface area contributed by atoms with Crippen molar-refractivity contribution in [3.8, 4) is 69.5 Å². The highest BCUT2D eigenvalue weighted by Gasteiger charge is 2.23. The number of nitrogens with zero attached hydrogens (tertiary/aromatic N) is 10. The van der Waals surface area contributed by atoms with Crippen LogP contribution in [-0.4, -0.2) is 81.7 Å². The molecule has 3 aromatic heterocycles. The van der Waals surface area contributed by atoms with Gasteiger partial charge in [0.1, 0.15) is 11.0 Å². The summed E-state index contributed by atoms with van der Waals surface area (Å²) in [4.78, 5) is 9.24. The molecule has 18 rings (SSSR count). The zero-order valence-electron chi connectivity index (χ0n) is 74.3. The Hall–Kier alpha value is -14.9. The lowest BCUT2D eigenvalue weighted by Gasteiger charge is -2.27. The topological polar surface area (TPSA) is 154 Å². The lowest BCUT2D eigenvalue weighted by Crippen LogP contribution is -2.31. The maximum Gasteiger partial charge on any atom is 0.248 e. The van der Waals surface area contributed by atoms with Crippen molar-refractivity contribution in [1.82, 2.24) is 29.1 Å². The smallest absolute Gasteiger partial charge is 0.248 e. The van der Waals surface area contributed by atoms with Gasteiger partial charge in [0.25, 0.3) is 0 Å². The van der Waals surface area contributed by atoms with Crippen molar-refractivity contribution >= 4 is 89.8 Å². The molecule has 0 aliphatic rings. The molecule has 0 amide bonds. The van der Waals surface area contributed by atoms with Crippen LogP contribution in [0.25, 0.3) is 78.4 Å². The van der Waals surface area contributed by atoms with Gasteiger partial charge < -0.3 is 47.4 Å². The number of fused-ring (bicyclic) bond motifs is 3. The van der Waals surface area contributed by atoms with Gasteiger partial charge in [-0.15, -0.1) is 20.4 Å². The van der Waals surface area contributed by atoms with Crippen LogP contribution in [0.1, 0.15) is 97.2 Å². The summed E-state index contributed by atoms with van der Waals surface area (Å²) in [5.74, 6) is 15.6. The Morgan fingerprint density at radius 3 is 0.908 bits per heavy atom. The molecular weight excluding hydrogens is 1640 g/mol. The summed E-state index contributed by atoms with van der Waals surface area (Å²) in [7, 11) is 0. The van der Waals surface area contributed by atoms with Gasteiger partial charge in [-0.3, -0.25) is 0 Å². The van der Waals surface area contributed by atoms with E-state index in [1.54, 1.807) is 0 Å². The van der Waals surface area contributed by atoms with Crippen molar-refractivity contribution in [2.45, 2.75) is 78.8 Å². The van der Waals surface area contributed by atoms with Crippen LogP contribution in [-0.2, 0) is 56.2 Å². The van der Waals surface area contributed by atoms with Crippen LogP contribution in [0, 0.1) is 23.7 Å². The quantitative estimate of drug-likeness (QED) is 0.0290. The minimum atomic E-state index is 0.0438. The SMILES string of the molecule is CC(C)(C)c1ccc(-c2nnc(-c3ccc(COCCN(CCOCc4ccc(N(c5ccccc5)c5cccc6ccccc56)cc4)c4ccc(C#Cc5ccc(C#Cc6ccc(N(CCOCc7ccc(-c8nnc(-c9ccc(C(C)(C)C)cc9)o8)cc7)CCOCc7ccc(N(c8ccccc8)c8cccc9ccccc89)cc7)cc6)c6nsnc56)cc4)cc3)o2)cc1. The Bertz CT molecular complexity index is 6570. The molecule has 3 heterocycles. The highest BCUT2D eigenvalue weighted by atomic mass is 32.1. The third-order valence-electron chi connectivity index (χ3n) is 23.3. The predicted octanol–water partition coefficient (Wildman–Crippen LogP) is 26.2. The molecule has 0 spiro atoms. The standard InChI is InChI=1S/C114H100N10O6S/c1-113(2,3)95-57-53-93(54-58-95)111-117-115-109(129-111)91-47-33-83(34-48-91)77-125-73-69-121(71-75-127-79-85-41-65-101(66-42-85)123(99-23-9-7-10-24-99)105-29-17-21-87-19-13-15-27-103(87)105)97-61-37-81(38-62-97)31-45-89-51-52-90(108-107(89)119-131-120-108)46-32-82-39-63-98(64-40-82)122(70-74-126-78-84-35-49-92(50-36-84)110-116-118-112(130-110)94-55-59-96(60-56-94)114(4,5)6)72-76-128-80-86-43-67-102(68-44-86)124(100-25-11-8-12-26-100)106-30-18-22-88-20-14-16-28-104(88)106/h7-30,33-44,47-68H,69-80H2,1-6H3. The Morgan fingerprint density at radius 2 is 0.573 bits per heavy atom. The molecule has 0 aliphatic heterocycles. The highest BCUT2D eigenvalue weighted by Crippen LogP contribution is 2.42. The van der Waals surface area contributed by atoms with Crippen molar-refractivity contribution < 1.29 is 27.8 Å². The molecule has 0 aliphatic carbocycles. The minimum absolute atomic E-state index is 0.0438. The normalized spacial score (nSPS) is 11.5. The molecular formula is C114H100N10O6S. The van der Waals surface area contributed by atoms with E-state index in [0.717, 1.165) is 124 Å². The molecule has 648 valence electrons. The zero-order chi connectivity index (χ0) is 89.3. The molecule has 18 aromatic rings. The number of ether oxygens (including phenoxy) is 4. The van der Waals surface area contributed by atoms with Crippen molar-refractivity contribution in [2.24, 2.45) is 0 Å². The van der Waals surface area contributed by atoms with Crippen LogP contribution < -0.4 is 19.6 Å². The molecule has 0 radical (unpaired) electrons. The van der Waals surface area contributed by atoms with Crippen LogP contribution in [0.3, 0.4) is 0 Å². The van der Waals surface area contributed by atoms with Crippen molar-refractivity contribution in [3.63, 3.8) is 0 Å². The van der Waals surface area contributed by atoms with E-state index in [0.29, 0.717) is 114 Å². The van der Waals surface area contributed by atoms with Crippen LogP contribution in [0.4, 0.5) is 45.5 Å². The Kier molecular flexibility index (Phi) is 26.9. The zero-order valence-corrected chi connectivity index (χ0v) is 75.1. The molecule has 17 heteroatoms. The fraction of sp³-hybridized carbons (Fsp3) is 0.175. The second-order valence-electron chi connectivity index (χ2n) is 34.4. The predicted molar refractivity (Wildman–Crippen MR) is 530 cm³/mol. The summed E-state index contributed by atoms with van der Waals surface area (Å²) in [6.45, 7) is 19.4.